The van der Waals surface area contributed by atoms with Gasteiger partial charge in [0.2, 0.25) is 5.15 Å². The van der Waals surface area contributed by atoms with Crippen LogP contribution in [0.2, 0.25) is 5.15 Å². The summed E-state index contributed by atoms with van der Waals surface area (Å²) in [4.78, 5) is 36.7. The first-order valence-corrected chi connectivity index (χ1v) is 6.12. The molecule has 1 unspecified atom stereocenters. The van der Waals surface area contributed by atoms with Gasteiger partial charge in [-0.3, -0.25) is 14.9 Å². The van der Waals surface area contributed by atoms with E-state index in [2.05, 4.69) is 10.3 Å². The summed E-state index contributed by atoms with van der Waals surface area (Å²) in [6, 6.07) is 0.0829. The number of carbonyl (C=O) groups excluding carboxylic acids is 1. The van der Waals surface area contributed by atoms with Crippen molar-refractivity contribution in [1.82, 2.24) is 10.3 Å². The Morgan fingerprint density at radius 3 is 2.70 bits per heavy atom. The number of nitrogens with zero attached hydrogens (tertiary/aromatic N) is 2. The number of carbonyl (C=O) groups is 2. The SMILES string of the molecule is O=C(NC(C(=O)O)C1CC1)c1ccnc(Cl)c1[N+](=O)[O-]. The van der Waals surface area contributed by atoms with Crippen LogP contribution >= 0.6 is 11.6 Å². The third-order valence-corrected chi connectivity index (χ3v) is 3.23. The molecule has 9 heteroatoms. The van der Waals surface area contributed by atoms with Gasteiger partial charge in [0, 0.05) is 6.20 Å². The number of carboxylic acids is 1. The summed E-state index contributed by atoms with van der Waals surface area (Å²) >= 11 is 5.59. The normalized spacial score (nSPS) is 15.4. The zero-order valence-corrected chi connectivity index (χ0v) is 10.8. The van der Waals surface area contributed by atoms with E-state index in [0.717, 1.165) is 12.3 Å². The topological polar surface area (TPSA) is 122 Å². The quantitative estimate of drug-likeness (QED) is 0.479. The Bertz CT molecular complexity index is 587. The number of nitro groups is 1. The Morgan fingerprint density at radius 1 is 1.55 bits per heavy atom. The molecule has 20 heavy (non-hydrogen) atoms. The molecule has 0 saturated heterocycles. The Morgan fingerprint density at radius 2 is 2.20 bits per heavy atom. The lowest BCUT2D eigenvalue weighted by Gasteiger charge is -2.13. The van der Waals surface area contributed by atoms with Crippen LogP contribution in [0.4, 0.5) is 5.69 Å². The largest absolute Gasteiger partial charge is 0.480 e. The van der Waals surface area contributed by atoms with Crippen molar-refractivity contribution in [2.75, 3.05) is 0 Å². The highest BCUT2D eigenvalue weighted by Crippen LogP contribution is 2.33. The molecule has 1 aliphatic carbocycles. The fourth-order valence-electron chi connectivity index (χ4n) is 1.82. The lowest BCUT2D eigenvalue weighted by Crippen LogP contribution is -2.42. The monoisotopic (exact) mass is 299 g/mol. The standard InChI is InChI=1S/C11H10ClN3O5/c12-9-8(15(19)20)6(3-4-13-9)10(16)14-7(11(17)18)5-1-2-5/h3-5,7H,1-2H2,(H,14,16)(H,17,18). The fraction of sp³-hybridized carbons (Fsp3) is 0.364. The number of carboxylic acid groups (broad SMARTS) is 1. The van der Waals surface area contributed by atoms with E-state index in [1.54, 1.807) is 0 Å². The highest BCUT2D eigenvalue weighted by Gasteiger charge is 2.38. The van der Waals surface area contributed by atoms with Crippen LogP contribution in [0.5, 0.6) is 0 Å². The molecule has 2 rings (SSSR count). The van der Waals surface area contributed by atoms with Crippen LogP contribution in [0.1, 0.15) is 23.2 Å². The average Bonchev–Trinajstić information content (AvgIpc) is 3.18. The smallest absolute Gasteiger partial charge is 0.326 e. The van der Waals surface area contributed by atoms with Crippen LogP contribution in [0.3, 0.4) is 0 Å². The molecule has 0 aromatic carbocycles. The van der Waals surface area contributed by atoms with Gasteiger partial charge in [-0.25, -0.2) is 9.78 Å². The summed E-state index contributed by atoms with van der Waals surface area (Å²) < 4.78 is 0. The third kappa shape index (κ3) is 2.85. The van der Waals surface area contributed by atoms with E-state index in [-0.39, 0.29) is 11.5 Å². The first-order valence-electron chi connectivity index (χ1n) is 5.74. The maximum atomic E-state index is 12.0. The summed E-state index contributed by atoms with van der Waals surface area (Å²) in [5.41, 5.74) is -0.937. The lowest BCUT2D eigenvalue weighted by atomic mass is 10.1. The number of hydrogen-bond acceptors (Lipinski definition) is 5. The molecule has 0 radical (unpaired) electrons. The summed E-state index contributed by atoms with van der Waals surface area (Å²) in [5, 5.41) is 21.8. The minimum Gasteiger partial charge on any atom is -0.480 e. The van der Waals surface area contributed by atoms with Crippen molar-refractivity contribution in [1.29, 1.82) is 0 Å². The van der Waals surface area contributed by atoms with Gasteiger partial charge in [-0.05, 0) is 24.8 Å². The van der Waals surface area contributed by atoms with Gasteiger partial charge >= 0.3 is 11.7 Å². The highest BCUT2D eigenvalue weighted by molar-refractivity contribution is 6.32. The minimum atomic E-state index is -1.16. The number of amides is 1. The molecule has 1 saturated carbocycles. The number of hydrogen-bond donors (Lipinski definition) is 2. The lowest BCUT2D eigenvalue weighted by molar-refractivity contribution is -0.385. The van der Waals surface area contributed by atoms with Crippen LogP contribution in [-0.4, -0.2) is 32.9 Å². The molecule has 0 aliphatic heterocycles. The second-order valence-corrected chi connectivity index (χ2v) is 4.74. The molecular formula is C11H10ClN3O5. The van der Waals surface area contributed by atoms with Gasteiger partial charge in [-0.2, -0.15) is 0 Å². The third-order valence-electron chi connectivity index (χ3n) is 2.95. The Kier molecular flexibility index (Phi) is 3.84. The van der Waals surface area contributed by atoms with Crippen molar-refractivity contribution in [3.8, 4) is 0 Å². The molecule has 2 N–H and O–H groups in total. The van der Waals surface area contributed by atoms with Crippen LogP contribution < -0.4 is 5.32 Å². The molecule has 1 atom stereocenters. The zero-order chi connectivity index (χ0) is 14.9. The van der Waals surface area contributed by atoms with Crippen molar-refractivity contribution in [2.45, 2.75) is 18.9 Å². The highest BCUT2D eigenvalue weighted by atomic mass is 35.5. The predicted molar refractivity (Wildman–Crippen MR) is 67.5 cm³/mol. The number of halogens is 1. The van der Waals surface area contributed by atoms with Crippen LogP contribution in [0.25, 0.3) is 0 Å². The number of nitrogens with one attached hydrogen (secondary N) is 1. The maximum absolute atomic E-state index is 12.0. The van der Waals surface area contributed by atoms with Crippen molar-refractivity contribution in [3.63, 3.8) is 0 Å². The Labute approximate surface area is 117 Å². The Balaban J connectivity index is 2.27. The van der Waals surface area contributed by atoms with Crippen molar-refractivity contribution < 1.29 is 19.6 Å². The molecule has 1 aromatic rings. The zero-order valence-electron chi connectivity index (χ0n) is 10.1. The first-order chi connectivity index (χ1) is 9.41. The molecule has 1 aromatic heterocycles. The van der Waals surface area contributed by atoms with E-state index in [1.165, 1.54) is 0 Å². The second-order valence-electron chi connectivity index (χ2n) is 4.38. The summed E-state index contributed by atoms with van der Waals surface area (Å²) in [6.07, 6.45) is 2.56. The molecule has 0 spiro atoms. The number of pyridine rings is 1. The van der Waals surface area contributed by atoms with Gasteiger partial charge in [0.1, 0.15) is 11.6 Å². The molecule has 1 aliphatic rings. The van der Waals surface area contributed by atoms with Gasteiger partial charge in [0.15, 0.2) is 0 Å². The van der Waals surface area contributed by atoms with E-state index in [9.17, 15) is 19.7 Å². The van der Waals surface area contributed by atoms with Crippen LogP contribution in [0, 0.1) is 16.0 Å². The number of rotatable bonds is 5. The van der Waals surface area contributed by atoms with E-state index in [4.69, 9.17) is 16.7 Å². The summed E-state index contributed by atoms with van der Waals surface area (Å²) in [5.74, 6) is -2.14. The van der Waals surface area contributed by atoms with Gasteiger partial charge in [0.05, 0.1) is 4.92 Å². The average molecular weight is 300 g/mol. The second kappa shape index (κ2) is 5.41. The van der Waals surface area contributed by atoms with E-state index in [1.807, 2.05) is 0 Å². The van der Waals surface area contributed by atoms with Crippen LogP contribution in [0.15, 0.2) is 12.3 Å². The molecule has 106 valence electrons. The molecule has 1 fully saturated rings. The fourth-order valence-corrected chi connectivity index (χ4v) is 2.04. The maximum Gasteiger partial charge on any atom is 0.326 e. The van der Waals surface area contributed by atoms with Gasteiger partial charge in [-0.1, -0.05) is 11.6 Å². The van der Waals surface area contributed by atoms with Crippen molar-refractivity contribution >= 4 is 29.2 Å². The molecular weight excluding hydrogens is 290 g/mol. The van der Waals surface area contributed by atoms with Crippen molar-refractivity contribution in [2.24, 2.45) is 5.92 Å². The van der Waals surface area contributed by atoms with E-state index < -0.39 is 33.7 Å². The van der Waals surface area contributed by atoms with Gasteiger partial charge in [-0.15, -0.1) is 0 Å². The number of aromatic nitrogens is 1. The molecule has 0 bridgehead atoms. The molecule has 8 nitrogen and oxygen atoms in total. The summed E-state index contributed by atoms with van der Waals surface area (Å²) in [7, 11) is 0. The molecule has 1 amide bonds. The van der Waals surface area contributed by atoms with E-state index >= 15 is 0 Å². The first kappa shape index (κ1) is 14.2. The number of aliphatic carboxylic acids is 1. The van der Waals surface area contributed by atoms with Crippen molar-refractivity contribution in [3.05, 3.63) is 33.1 Å². The summed E-state index contributed by atoms with van der Waals surface area (Å²) in [6.45, 7) is 0. The Hall–Kier alpha value is -2.22. The van der Waals surface area contributed by atoms with Gasteiger partial charge < -0.3 is 10.4 Å². The predicted octanol–water partition coefficient (Wildman–Crippen LogP) is 1.24. The van der Waals surface area contributed by atoms with Gasteiger partial charge in [0.25, 0.3) is 5.91 Å². The molecule has 1 heterocycles. The van der Waals surface area contributed by atoms with Crippen LogP contribution in [-0.2, 0) is 4.79 Å². The van der Waals surface area contributed by atoms with E-state index in [0.29, 0.717) is 12.8 Å². The minimum absolute atomic E-state index is 0.132.